The van der Waals surface area contributed by atoms with Crippen LogP contribution in [-0.2, 0) is 4.79 Å². The van der Waals surface area contributed by atoms with Gasteiger partial charge >= 0.3 is 0 Å². The Hall–Kier alpha value is -0.110. The van der Waals surface area contributed by atoms with Crippen LogP contribution < -0.4 is 0 Å². The summed E-state index contributed by atoms with van der Waals surface area (Å²) in [5, 5.41) is -2.16. The Bertz CT molecular complexity index is 95.1. The molecule has 48 valence electrons. The van der Waals surface area contributed by atoms with Crippen LogP contribution in [-0.4, -0.2) is 10.9 Å². The van der Waals surface area contributed by atoms with Crippen molar-refractivity contribution in [3.05, 3.63) is 0 Å². The molecule has 3 heteroatoms. The highest BCUT2D eigenvalue weighted by Gasteiger charge is 2.26. The maximum atomic E-state index is 12.2. The Labute approximate surface area is 52.8 Å². The first kappa shape index (κ1) is 7.89. The molecule has 0 aliphatic heterocycles. The standard InChI is InChI=1S/C5H8ClFO/c1-3-4(8)5(2,6)7/h3H2,1-2H3. The maximum Gasteiger partial charge on any atom is 0.238 e. The average molecular weight is 139 g/mol. The smallest absolute Gasteiger partial charge is 0.238 e. The number of hydrogen-bond acceptors (Lipinski definition) is 1. The van der Waals surface area contributed by atoms with E-state index in [1.165, 1.54) is 0 Å². The van der Waals surface area contributed by atoms with Gasteiger partial charge in [0.2, 0.25) is 5.13 Å². The predicted molar refractivity (Wildman–Crippen MR) is 30.7 cm³/mol. The fourth-order valence-corrected chi connectivity index (χ4v) is 0.444. The first-order valence-corrected chi connectivity index (χ1v) is 2.77. The Morgan fingerprint density at radius 1 is 1.88 bits per heavy atom. The molecule has 0 saturated carbocycles. The van der Waals surface area contributed by atoms with Crippen molar-refractivity contribution in [2.45, 2.75) is 25.4 Å². The molecule has 8 heavy (non-hydrogen) atoms. The molecule has 0 rings (SSSR count). The molecule has 1 nitrogen and oxygen atoms in total. The largest absolute Gasteiger partial charge is 0.295 e. The van der Waals surface area contributed by atoms with E-state index >= 15 is 0 Å². The van der Waals surface area contributed by atoms with Crippen molar-refractivity contribution >= 4 is 17.4 Å². The molecule has 0 aromatic carbocycles. The fourth-order valence-electron chi connectivity index (χ4n) is 0.310. The number of halogens is 2. The van der Waals surface area contributed by atoms with Crippen molar-refractivity contribution < 1.29 is 9.18 Å². The summed E-state index contributed by atoms with van der Waals surface area (Å²) in [7, 11) is 0. The zero-order valence-electron chi connectivity index (χ0n) is 4.87. The second kappa shape index (κ2) is 2.44. The minimum Gasteiger partial charge on any atom is -0.295 e. The van der Waals surface area contributed by atoms with E-state index in [4.69, 9.17) is 11.6 Å². The Morgan fingerprint density at radius 3 is 2.25 bits per heavy atom. The van der Waals surface area contributed by atoms with Crippen molar-refractivity contribution in [3.8, 4) is 0 Å². The second-order valence-electron chi connectivity index (χ2n) is 1.67. The quantitative estimate of drug-likeness (QED) is 0.533. The van der Waals surface area contributed by atoms with Gasteiger partial charge in [-0.2, -0.15) is 0 Å². The van der Waals surface area contributed by atoms with E-state index in [1.807, 2.05) is 0 Å². The summed E-state index contributed by atoms with van der Waals surface area (Å²) in [6.45, 7) is 2.61. The SMILES string of the molecule is CCC(=O)C(C)(F)Cl. The third-order valence-corrected chi connectivity index (χ3v) is 1.02. The molecular weight excluding hydrogens is 131 g/mol. The molecule has 0 amide bonds. The predicted octanol–water partition coefficient (Wildman–Crippen LogP) is 1.89. The van der Waals surface area contributed by atoms with Crippen LogP contribution in [0.25, 0.3) is 0 Å². The molecular formula is C5H8ClFO. The lowest BCUT2D eigenvalue weighted by Crippen LogP contribution is -2.21. The van der Waals surface area contributed by atoms with Gasteiger partial charge in [-0.15, -0.1) is 0 Å². The van der Waals surface area contributed by atoms with Crippen molar-refractivity contribution in [1.29, 1.82) is 0 Å². The van der Waals surface area contributed by atoms with Crippen LogP contribution >= 0.6 is 11.6 Å². The van der Waals surface area contributed by atoms with Crippen LogP contribution in [0, 0.1) is 0 Å². The van der Waals surface area contributed by atoms with Crippen LogP contribution in [0.5, 0.6) is 0 Å². The van der Waals surface area contributed by atoms with Gasteiger partial charge in [-0.3, -0.25) is 4.79 Å². The summed E-state index contributed by atoms with van der Waals surface area (Å²) in [6.07, 6.45) is 0.149. The minimum absolute atomic E-state index is 0.149. The molecule has 0 aromatic heterocycles. The molecule has 0 N–H and O–H groups in total. The Morgan fingerprint density at radius 2 is 2.25 bits per heavy atom. The summed E-state index contributed by atoms with van der Waals surface area (Å²) in [6, 6.07) is 0. The number of Topliss-reactive ketones (excluding diaryl/α,β-unsaturated/α-hetero) is 1. The molecule has 0 bridgehead atoms. The number of carbonyl (C=O) groups is 1. The summed E-state index contributed by atoms with van der Waals surface area (Å²) in [4.78, 5) is 10.3. The maximum absolute atomic E-state index is 12.2. The van der Waals surface area contributed by atoms with Crippen LogP contribution in [0.3, 0.4) is 0 Å². The van der Waals surface area contributed by atoms with Crippen molar-refractivity contribution in [2.24, 2.45) is 0 Å². The first-order valence-electron chi connectivity index (χ1n) is 2.39. The monoisotopic (exact) mass is 138 g/mol. The van der Waals surface area contributed by atoms with E-state index in [0.717, 1.165) is 6.92 Å². The molecule has 0 radical (unpaired) electrons. The van der Waals surface area contributed by atoms with E-state index in [2.05, 4.69) is 0 Å². The van der Waals surface area contributed by atoms with Gasteiger partial charge in [0.15, 0.2) is 5.78 Å². The lowest BCUT2D eigenvalue weighted by atomic mass is 10.2. The van der Waals surface area contributed by atoms with E-state index in [0.29, 0.717) is 0 Å². The molecule has 1 atom stereocenters. The van der Waals surface area contributed by atoms with Gasteiger partial charge in [0.25, 0.3) is 0 Å². The second-order valence-corrected chi connectivity index (χ2v) is 2.37. The summed E-state index contributed by atoms with van der Waals surface area (Å²) in [5.74, 6) is -0.570. The number of rotatable bonds is 2. The zero-order valence-corrected chi connectivity index (χ0v) is 5.63. The average Bonchev–Trinajstić information content (AvgIpc) is 1.62. The summed E-state index contributed by atoms with van der Waals surface area (Å²) in [5.41, 5.74) is 0. The number of ketones is 1. The number of carbonyl (C=O) groups excluding carboxylic acids is 1. The molecule has 1 unspecified atom stereocenters. The minimum atomic E-state index is -2.16. The van der Waals surface area contributed by atoms with Crippen LogP contribution in [0.15, 0.2) is 0 Å². The summed E-state index contributed by atoms with van der Waals surface area (Å²) >= 11 is 4.97. The highest BCUT2D eigenvalue weighted by molar-refractivity contribution is 6.33. The molecule has 0 aliphatic carbocycles. The van der Waals surface area contributed by atoms with Gasteiger partial charge in [0.1, 0.15) is 0 Å². The third-order valence-electron chi connectivity index (χ3n) is 0.811. The molecule has 0 saturated heterocycles. The van der Waals surface area contributed by atoms with E-state index < -0.39 is 10.9 Å². The van der Waals surface area contributed by atoms with Crippen molar-refractivity contribution in [1.82, 2.24) is 0 Å². The zero-order chi connectivity index (χ0) is 6.78. The topological polar surface area (TPSA) is 17.1 Å². The lowest BCUT2D eigenvalue weighted by molar-refractivity contribution is -0.124. The van der Waals surface area contributed by atoms with Gasteiger partial charge in [0.05, 0.1) is 0 Å². The number of hydrogen-bond donors (Lipinski definition) is 0. The van der Waals surface area contributed by atoms with E-state index in [-0.39, 0.29) is 6.42 Å². The molecule has 0 spiro atoms. The first-order chi connectivity index (χ1) is 3.48. The van der Waals surface area contributed by atoms with Crippen molar-refractivity contribution in [2.75, 3.05) is 0 Å². The highest BCUT2D eigenvalue weighted by Crippen LogP contribution is 2.17. The van der Waals surface area contributed by atoms with Gasteiger partial charge in [-0.05, 0) is 6.92 Å². The molecule has 0 aromatic rings. The van der Waals surface area contributed by atoms with Crippen molar-refractivity contribution in [3.63, 3.8) is 0 Å². The number of alkyl halides is 2. The van der Waals surface area contributed by atoms with Crippen LogP contribution in [0.2, 0.25) is 0 Å². The fraction of sp³-hybridized carbons (Fsp3) is 0.800. The van der Waals surface area contributed by atoms with Crippen LogP contribution in [0.1, 0.15) is 20.3 Å². The third kappa shape index (κ3) is 2.26. The normalized spacial score (nSPS) is 17.5. The molecule has 0 heterocycles. The molecule has 0 fully saturated rings. The highest BCUT2D eigenvalue weighted by atomic mass is 35.5. The van der Waals surface area contributed by atoms with Gasteiger partial charge in [0, 0.05) is 6.42 Å². The summed E-state index contributed by atoms with van der Waals surface area (Å²) < 4.78 is 12.2. The lowest BCUT2D eigenvalue weighted by Gasteiger charge is -2.06. The Kier molecular flexibility index (Phi) is 2.41. The van der Waals surface area contributed by atoms with E-state index in [9.17, 15) is 9.18 Å². The van der Waals surface area contributed by atoms with Crippen LogP contribution in [0.4, 0.5) is 4.39 Å². The van der Waals surface area contributed by atoms with Gasteiger partial charge < -0.3 is 0 Å². The van der Waals surface area contributed by atoms with Gasteiger partial charge in [-0.1, -0.05) is 18.5 Å². The van der Waals surface area contributed by atoms with Gasteiger partial charge in [-0.25, -0.2) is 4.39 Å². The molecule has 0 aliphatic rings. The Balaban J connectivity index is 3.82. The van der Waals surface area contributed by atoms with E-state index in [1.54, 1.807) is 6.92 Å².